The fourth-order valence-corrected chi connectivity index (χ4v) is 6.77. The van der Waals surface area contributed by atoms with Crippen molar-refractivity contribution < 1.29 is 9.32 Å². The Morgan fingerprint density at radius 1 is 1.48 bits per heavy atom. The number of fused-ring (bicyclic) bond motifs is 2. The van der Waals surface area contributed by atoms with Crippen molar-refractivity contribution in [2.24, 2.45) is 16.7 Å². The highest BCUT2D eigenvalue weighted by Gasteiger charge is 2.64. The molecule has 2 fully saturated rings. The van der Waals surface area contributed by atoms with E-state index in [0.29, 0.717) is 11.7 Å². The van der Waals surface area contributed by atoms with Crippen molar-refractivity contribution in [3.05, 3.63) is 23.1 Å². The van der Waals surface area contributed by atoms with Gasteiger partial charge in [-0.2, -0.15) is 0 Å². The van der Waals surface area contributed by atoms with Crippen LogP contribution in [0.2, 0.25) is 0 Å². The molecule has 3 heteroatoms. The fourth-order valence-electron chi connectivity index (χ4n) is 4.94. The molecule has 0 heterocycles. The second-order valence-corrected chi connectivity index (χ2v) is 9.23. The molecule has 0 radical (unpaired) electrons. The molecule has 0 amide bonds. The van der Waals surface area contributed by atoms with Crippen LogP contribution in [0.15, 0.2) is 23.1 Å². The fraction of sp³-hybridized carbons (Fsp3) is 0.778. The van der Waals surface area contributed by atoms with E-state index in [1.165, 1.54) is 24.8 Å². The molecule has 0 spiro atoms. The van der Waals surface area contributed by atoms with Gasteiger partial charge in [0.1, 0.15) is 0 Å². The van der Waals surface area contributed by atoms with Gasteiger partial charge >= 0.3 is 0 Å². The van der Waals surface area contributed by atoms with Crippen LogP contribution in [0.5, 0.6) is 0 Å². The molecule has 0 saturated heterocycles. The van der Waals surface area contributed by atoms with Gasteiger partial charge < -0.3 is 5.11 Å². The molecule has 3 aliphatic rings. The van der Waals surface area contributed by atoms with Crippen LogP contribution in [0, 0.1) is 16.7 Å². The van der Waals surface area contributed by atoms with Gasteiger partial charge in [0.2, 0.25) is 0 Å². The lowest BCUT2D eigenvalue weighted by Gasteiger charge is -2.40. The molecule has 0 aliphatic heterocycles. The monoisotopic (exact) mass is 308 g/mol. The first-order chi connectivity index (χ1) is 9.88. The van der Waals surface area contributed by atoms with Crippen LogP contribution in [-0.2, 0) is 10.8 Å². The summed E-state index contributed by atoms with van der Waals surface area (Å²) in [6.07, 6.45) is 9.54. The Kier molecular flexibility index (Phi) is 3.94. The molecule has 4 atom stereocenters. The summed E-state index contributed by atoms with van der Waals surface area (Å²) in [4.78, 5) is 0.822. The molecule has 118 valence electrons. The van der Waals surface area contributed by atoms with Gasteiger partial charge in [0.15, 0.2) is 0 Å². The first-order valence-electron chi connectivity index (χ1n) is 8.33. The van der Waals surface area contributed by atoms with E-state index in [1.807, 2.05) is 0 Å². The number of hydrogen-bond acceptors (Lipinski definition) is 2. The minimum absolute atomic E-state index is 0.100. The van der Waals surface area contributed by atoms with E-state index in [2.05, 4.69) is 26.5 Å². The Balaban J connectivity index is 1.78. The highest BCUT2D eigenvalue weighted by atomic mass is 32.2. The number of hydrogen-bond donors (Lipinski definition) is 1. The van der Waals surface area contributed by atoms with E-state index in [9.17, 15) is 9.32 Å². The molecule has 2 saturated carbocycles. The van der Waals surface area contributed by atoms with Gasteiger partial charge in [-0.1, -0.05) is 26.5 Å². The Hall–Kier alpha value is -0.410. The Morgan fingerprint density at radius 2 is 2.24 bits per heavy atom. The SMILES string of the molecule is C=C(C1=CCCCC1)S(=O)C[C@]12CC[C@H](C[C@H]1O)C2(C)C. The summed E-state index contributed by atoms with van der Waals surface area (Å²) >= 11 is 0. The molecule has 1 unspecified atom stereocenters. The maximum Gasteiger partial charge on any atom is 0.0613 e. The summed E-state index contributed by atoms with van der Waals surface area (Å²) in [5, 5.41) is 10.6. The standard InChI is InChI=1S/C18H28O2S/c1-13(14-7-5-4-6-8-14)21(20)12-18-10-9-15(11-16(18)19)17(18,2)3/h7,15-16,19H,1,4-6,8-12H2,2-3H3/t15-,16-,18-,21?/m1/s1. The summed E-state index contributed by atoms with van der Waals surface area (Å²) in [6, 6.07) is 0. The van der Waals surface area contributed by atoms with Crippen LogP contribution in [0.25, 0.3) is 0 Å². The van der Waals surface area contributed by atoms with Crippen LogP contribution in [-0.4, -0.2) is 21.2 Å². The molecule has 2 nitrogen and oxygen atoms in total. The third kappa shape index (κ3) is 2.28. The largest absolute Gasteiger partial charge is 0.392 e. The number of aliphatic hydroxyl groups excluding tert-OH is 1. The van der Waals surface area contributed by atoms with E-state index in [1.54, 1.807) is 0 Å². The zero-order valence-corrected chi connectivity index (χ0v) is 14.2. The van der Waals surface area contributed by atoms with Crippen molar-refractivity contribution in [1.29, 1.82) is 0 Å². The van der Waals surface area contributed by atoms with E-state index in [4.69, 9.17) is 0 Å². The lowest BCUT2D eigenvalue weighted by Crippen LogP contribution is -2.43. The predicted molar refractivity (Wildman–Crippen MR) is 88.3 cm³/mol. The van der Waals surface area contributed by atoms with Gasteiger partial charge in [0.05, 0.1) is 16.9 Å². The molecule has 0 aromatic carbocycles. The van der Waals surface area contributed by atoms with Crippen LogP contribution >= 0.6 is 0 Å². The molecule has 1 N–H and O–H groups in total. The Labute approximate surface area is 131 Å². The Bertz CT molecular complexity index is 505. The van der Waals surface area contributed by atoms with Gasteiger partial charge in [-0.25, -0.2) is 0 Å². The van der Waals surface area contributed by atoms with E-state index < -0.39 is 10.8 Å². The van der Waals surface area contributed by atoms with Crippen LogP contribution in [0.3, 0.4) is 0 Å². The quantitative estimate of drug-likeness (QED) is 0.854. The lowest BCUT2D eigenvalue weighted by molar-refractivity contribution is 0.0161. The van der Waals surface area contributed by atoms with E-state index in [-0.39, 0.29) is 16.9 Å². The van der Waals surface area contributed by atoms with Gasteiger partial charge in [-0.3, -0.25) is 4.21 Å². The van der Waals surface area contributed by atoms with Crippen molar-refractivity contribution in [3.63, 3.8) is 0 Å². The topological polar surface area (TPSA) is 37.3 Å². The third-order valence-electron chi connectivity index (χ3n) is 6.70. The summed E-state index contributed by atoms with van der Waals surface area (Å²) in [5.41, 5.74) is 1.14. The van der Waals surface area contributed by atoms with Gasteiger partial charge in [0, 0.05) is 16.1 Å². The van der Waals surface area contributed by atoms with E-state index >= 15 is 0 Å². The van der Waals surface area contributed by atoms with Crippen LogP contribution in [0.4, 0.5) is 0 Å². The molecule has 2 bridgehead atoms. The summed E-state index contributed by atoms with van der Waals surface area (Å²) in [7, 11) is -1.05. The van der Waals surface area contributed by atoms with Crippen molar-refractivity contribution >= 4 is 10.8 Å². The number of allylic oxidation sites excluding steroid dienone is 2. The minimum Gasteiger partial charge on any atom is -0.392 e. The van der Waals surface area contributed by atoms with E-state index in [0.717, 1.165) is 30.6 Å². The second-order valence-electron chi connectivity index (χ2n) is 7.75. The molecule has 3 rings (SSSR count). The van der Waals surface area contributed by atoms with Crippen molar-refractivity contribution in [1.82, 2.24) is 0 Å². The molecule has 21 heavy (non-hydrogen) atoms. The maximum atomic E-state index is 12.9. The maximum absolute atomic E-state index is 12.9. The van der Waals surface area contributed by atoms with Crippen LogP contribution < -0.4 is 0 Å². The van der Waals surface area contributed by atoms with Gasteiger partial charge in [-0.05, 0) is 61.9 Å². The normalized spacial score (nSPS) is 39.1. The van der Waals surface area contributed by atoms with Gasteiger partial charge in [0.25, 0.3) is 0 Å². The first-order valence-corrected chi connectivity index (χ1v) is 9.65. The highest BCUT2D eigenvalue weighted by Crippen LogP contribution is 2.66. The van der Waals surface area contributed by atoms with Crippen molar-refractivity contribution in [3.8, 4) is 0 Å². The Morgan fingerprint density at radius 3 is 2.76 bits per heavy atom. The summed E-state index contributed by atoms with van der Waals surface area (Å²) in [6.45, 7) is 8.65. The average molecular weight is 308 g/mol. The molecular formula is C18H28O2S. The highest BCUT2D eigenvalue weighted by molar-refractivity contribution is 7.89. The molecule has 3 aliphatic carbocycles. The summed E-state index contributed by atoms with van der Waals surface area (Å²) < 4.78 is 12.9. The average Bonchev–Trinajstić information content (AvgIpc) is 2.81. The second kappa shape index (κ2) is 5.34. The minimum atomic E-state index is -1.05. The number of rotatable bonds is 4. The molecule has 0 aromatic rings. The number of aliphatic hydroxyl groups is 1. The predicted octanol–water partition coefficient (Wildman–Crippen LogP) is 3.94. The first kappa shape index (κ1) is 15.5. The smallest absolute Gasteiger partial charge is 0.0613 e. The summed E-state index contributed by atoms with van der Waals surface area (Å²) in [5.74, 6) is 1.18. The van der Waals surface area contributed by atoms with Gasteiger partial charge in [-0.15, -0.1) is 0 Å². The molecule has 0 aromatic heterocycles. The zero-order chi connectivity index (χ0) is 15.3. The molecular weight excluding hydrogens is 280 g/mol. The third-order valence-corrected chi connectivity index (χ3v) is 8.29. The van der Waals surface area contributed by atoms with Crippen molar-refractivity contribution in [2.45, 2.75) is 64.9 Å². The van der Waals surface area contributed by atoms with Crippen molar-refractivity contribution in [2.75, 3.05) is 5.75 Å². The zero-order valence-electron chi connectivity index (χ0n) is 13.4. The lowest BCUT2D eigenvalue weighted by atomic mass is 9.70. The van der Waals surface area contributed by atoms with Crippen LogP contribution in [0.1, 0.15) is 58.8 Å².